The molecule has 2 N–H and O–H groups in total. The summed E-state index contributed by atoms with van der Waals surface area (Å²) in [6.45, 7) is 5.21. The number of aliphatic imine (C=N–C) groups is 1. The summed E-state index contributed by atoms with van der Waals surface area (Å²) in [5.74, 6) is 2.51. The molecule has 25 heavy (non-hydrogen) atoms. The maximum atomic E-state index is 5.39. The third-order valence-corrected chi connectivity index (χ3v) is 3.64. The zero-order valence-electron chi connectivity index (χ0n) is 16.1. The average molecular weight is 467 g/mol. The van der Waals surface area contributed by atoms with E-state index in [1.54, 1.807) is 35.5 Å². The van der Waals surface area contributed by atoms with Crippen molar-refractivity contribution < 1.29 is 18.9 Å². The third kappa shape index (κ3) is 7.15. The van der Waals surface area contributed by atoms with Crippen LogP contribution < -0.4 is 24.8 Å². The van der Waals surface area contributed by atoms with Gasteiger partial charge in [-0.2, -0.15) is 0 Å². The molecule has 0 saturated heterocycles. The van der Waals surface area contributed by atoms with Crippen molar-refractivity contribution >= 4 is 29.9 Å². The maximum Gasteiger partial charge on any atom is 0.203 e. The van der Waals surface area contributed by atoms with Gasteiger partial charge < -0.3 is 29.6 Å². The van der Waals surface area contributed by atoms with Crippen LogP contribution in [0.1, 0.15) is 19.4 Å². The average Bonchev–Trinajstić information content (AvgIpc) is 2.60. The SMILES string of the molecule is CN=C(NCc1cc(OC)c(OC)c(OC)c1)NCC(C)(C)OC.I. The van der Waals surface area contributed by atoms with Crippen LogP contribution in [0.4, 0.5) is 0 Å². The molecule has 0 aromatic heterocycles. The van der Waals surface area contributed by atoms with E-state index in [4.69, 9.17) is 18.9 Å². The summed E-state index contributed by atoms with van der Waals surface area (Å²) in [4.78, 5) is 4.21. The van der Waals surface area contributed by atoms with Crippen LogP contribution in [-0.2, 0) is 11.3 Å². The number of hydrogen-bond donors (Lipinski definition) is 2. The number of ether oxygens (including phenoxy) is 4. The Hall–Kier alpha value is -1.42. The van der Waals surface area contributed by atoms with Gasteiger partial charge in [0.15, 0.2) is 17.5 Å². The molecule has 1 rings (SSSR count). The van der Waals surface area contributed by atoms with Crippen LogP contribution in [0.25, 0.3) is 0 Å². The van der Waals surface area contributed by atoms with Gasteiger partial charge in [0.2, 0.25) is 5.75 Å². The lowest BCUT2D eigenvalue weighted by molar-refractivity contribution is 0.0268. The summed E-state index contributed by atoms with van der Waals surface area (Å²) in [7, 11) is 8.20. The zero-order valence-corrected chi connectivity index (χ0v) is 18.4. The quantitative estimate of drug-likeness (QED) is 0.348. The summed E-state index contributed by atoms with van der Waals surface area (Å²) in [6.07, 6.45) is 0. The maximum absolute atomic E-state index is 5.39. The monoisotopic (exact) mass is 467 g/mol. The normalized spacial score (nSPS) is 11.4. The van der Waals surface area contributed by atoms with Crippen molar-refractivity contribution in [2.45, 2.75) is 26.0 Å². The molecule has 0 aliphatic heterocycles. The minimum absolute atomic E-state index is 0. The molecule has 0 heterocycles. The van der Waals surface area contributed by atoms with E-state index < -0.39 is 0 Å². The van der Waals surface area contributed by atoms with Crippen LogP contribution in [0.5, 0.6) is 17.2 Å². The molecule has 0 saturated carbocycles. The van der Waals surface area contributed by atoms with Gasteiger partial charge in [0.1, 0.15) is 0 Å². The summed E-state index contributed by atoms with van der Waals surface area (Å²) in [5.41, 5.74) is 0.711. The van der Waals surface area contributed by atoms with E-state index in [1.165, 1.54) is 0 Å². The molecule has 7 nitrogen and oxygen atoms in total. The second kappa shape index (κ2) is 11.2. The number of benzene rings is 1. The van der Waals surface area contributed by atoms with Gasteiger partial charge in [-0.3, -0.25) is 4.99 Å². The number of methoxy groups -OCH3 is 4. The predicted molar refractivity (Wildman–Crippen MR) is 111 cm³/mol. The van der Waals surface area contributed by atoms with E-state index in [1.807, 2.05) is 26.0 Å². The number of halogens is 1. The molecule has 144 valence electrons. The first-order valence-electron chi connectivity index (χ1n) is 7.69. The number of guanidine groups is 1. The minimum Gasteiger partial charge on any atom is -0.493 e. The predicted octanol–water partition coefficient (Wildman–Crippen LogP) is 2.42. The lowest BCUT2D eigenvalue weighted by atomic mass is 10.1. The second-order valence-electron chi connectivity index (χ2n) is 5.78. The van der Waals surface area contributed by atoms with Crippen molar-refractivity contribution in [3.8, 4) is 17.2 Å². The lowest BCUT2D eigenvalue weighted by Crippen LogP contribution is -2.45. The van der Waals surface area contributed by atoms with E-state index in [2.05, 4.69) is 15.6 Å². The van der Waals surface area contributed by atoms with Crippen molar-refractivity contribution in [2.24, 2.45) is 4.99 Å². The number of nitrogens with one attached hydrogen (secondary N) is 2. The first-order valence-corrected chi connectivity index (χ1v) is 7.69. The molecule has 0 aliphatic carbocycles. The first-order chi connectivity index (χ1) is 11.4. The molecular formula is C17H30IN3O4. The summed E-state index contributed by atoms with van der Waals surface area (Å²) in [5, 5.41) is 6.49. The van der Waals surface area contributed by atoms with E-state index in [-0.39, 0.29) is 29.6 Å². The van der Waals surface area contributed by atoms with Gasteiger partial charge in [-0.25, -0.2) is 0 Å². The van der Waals surface area contributed by atoms with E-state index in [9.17, 15) is 0 Å². The minimum atomic E-state index is -0.274. The molecule has 1 aromatic rings. The standard InChI is InChI=1S/C17H29N3O4.HI/c1-17(2,24-7)11-20-16(18-3)19-10-12-8-13(21-4)15(23-6)14(9-12)22-5;/h8-9H,10-11H2,1-7H3,(H2,18,19,20);1H. The number of rotatable bonds is 8. The van der Waals surface area contributed by atoms with Crippen LogP contribution in [-0.4, -0.2) is 53.6 Å². The number of nitrogens with zero attached hydrogens (tertiary/aromatic N) is 1. The second-order valence-corrected chi connectivity index (χ2v) is 5.78. The fourth-order valence-electron chi connectivity index (χ4n) is 2.01. The van der Waals surface area contributed by atoms with E-state index >= 15 is 0 Å². The van der Waals surface area contributed by atoms with Gasteiger partial charge in [0, 0.05) is 27.2 Å². The van der Waals surface area contributed by atoms with Crippen LogP contribution in [0.15, 0.2) is 17.1 Å². The Labute approximate surface area is 167 Å². The van der Waals surface area contributed by atoms with Crippen molar-refractivity contribution in [3.05, 3.63) is 17.7 Å². The summed E-state index contributed by atoms with van der Waals surface area (Å²) >= 11 is 0. The Morgan fingerprint density at radius 2 is 1.56 bits per heavy atom. The molecule has 0 fully saturated rings. The third-order valence-electron chi connectivity index (χ3n) is 3.64. The summed E-state index contributed by atoms with van der Waals surface area (Å²) in [6, 6.07) is 3.81. The molecule has 0 unspecified atom stereocenters. The largest absolute Gasteiger partial charge is 0.493 e. The molecular weight excluding hydrogens is 437 g/mol. The molecule has 0 bridgehead atoms. The Balaban J connectivity index is 0.00000576. The molecule has 1 aromatic carbocycles. The lowest BCUT2D eigenvalue weighted by Gasteiger charge is -2.24. The van der Waals surface area contributed by atoms with Gasteiger partial charge in [-0.1, -0.05) is 0 Å². The molecule has 0 aliphatic rings. The topological polar surface area (TPSA) is 73.3 Å². The van der Waals surface area contributed by atoms with Crippen LogP contribution >= 0.6 is 24.0 Å². The molecule has 0 radical (unpaired) electrons. The highest BCUT2D eigenvalue weighted by molar-refractivity contribution is 14.0. The van der Waals surface area contributed by atoms with Gasteiger partial charge >= 0.3 is 0 Å². The Kier molecular flexibility index (Phi) is 10.6. The first kappa shape index (κ1) is 23.6. The van der Waals surface area contributed by atoms with Crippen molar-refractivity contribution in [3.63, 3.8) is 0 Å². The zero-order chi connectivity index (χ0) is 18.2. The van der Waals surface area contributed by atoms with E-state index in [0.29, 0.717) is 36.3 Å². The van der Waals surface area contributed by atoms with Crippen LogP contribution in [0, 0.1) is 0 Å². The Bertz CT molecular complexity index is 540. The van der Waals surface area contributed by atoms with Crippen molar-refractivity contribution in [2.75, 3.05) is 42.0 Å². The van der Waals surface area contributed by atoms with Crippen molar-refractivity contribution in [1.29, 1.82) is 0 Å². The van der Waals surface area contributed by atoms with E-state index in [0.717, 1.165) is 5.56 Å². The molecule has 0 amide bonds. The van der Waals surface area contributed by atoms with Crippen LogP contribution in [0.2, 0.25) is 0 Å². The van der Waals surface area contributed by atoms with Crippen molar-refractivity contribution in [1.82, 2.24) is 10.6 Å². The highest BCUT2D eigenvalue weighted by Crippen LogP contribution is 2.38. The highest BCUT2D eigenvalue weighted by atomic mass is 127. The van der Waals surface area contributed by atoms with Gasteiger partial charge in [-0.15, -0.1) is 24.0 Å². The fourth-order valence-corrected chi connectivity index (χ4v) is 2.01. The summed E-state index contributed by atoms with van der Waals surface area (Å²) < 4.78 is 21.4. The van der Waals surface area contributed by atoms with Gasteiger partial charge in [0.05, 0.1) is 26.9 Å². The number of hydrogen-bond acceptors (Lipinski definition) is 5. The van der Waals surface area contributed by atoms with Gasteiger partial charge in [-0.05, 0) is 31.5 Å². The smallest absolute Gasteiger partial charge is 0.203 e. The molecule has 8 heteroatoms. The molecule has 0 spiro atoms. The Morgan fingerprint density at radius 1 is 1.00 bits per heavy atom. The fraction of sp³-hybridized carbons (Fsp3) is 0.588. The van der Waals surface area contributed by atoms with Gasteiger partial charge in [0.25, 0.3) is 0 Å². The Morgan fingerprint density at radius 3 is 1.96 bits per heavy atom. The van der Waals surface area contributed by atoms with Crippen LogP contribution in [0.3, 0.4) is 0 Å². The highest BCUT2D eigenvalue weighted by Gasteiger charge is 2.17. The molecule has 0 atom stereocenters.